The first-order valence-corrected chi connectivity index (χ1v) is 8.93. The van der Waals surface area contributed by atoms with Gasteiger partial charge in [-0.05, 0) is 25.6 Å². The van der Waals surface area contributed by atoms with Crippen LogP contribution in [0.15, 0.2) is 30.3 Å². The van der Waals surface area contributed by atoms with Crippen molar-refractivity contribution in [2.75, 3.05) is 37.0 Å². The van der Waals surface area contributed by atoms with E-state index in [0.717, 1.165) is 5.69 Å². The summed E-state index contributed by atoms with van der Waals surface area (Å²) in [5.41, 5.74) is 0.869. The monoisotopic (exact) mass is 310 g/mol. The first-order chi connectivity index (χ1) is 9.89. The Kier molecular flexibility index (Phi) is 5.00. The molecule has 0 aliphatic carbocycles. The van der Waals surface area contributed by atoms with Gasteiger partial charge in [-0.15, -0.1) is 0 Å². The van der Waals surface area contributed by atoms with Crippen LogP contribution >= 0.6 is 0 Å². The lowest BCUT2D eigenvalue weighted by Gasteiger charge is -2.24. The lowest BCUT2D eigenvalue weighted by Crippen LogP contribution is -2.36. The third-order valence-corrected chi connectivity index (χ3v) is 5.78. The Morgan fingerprint density at radius 1 is 1.24 bits per heavy atom. The van der Waals surface area contributed by atoms with Crippen molar-refractivity contribution in [2.24, 2.45) is 0 Å². The van der Waals surface area contributed by atoms with Gasteiger partial charge in [0.15, 0.2) is 9.84 Å². The number of nitrogens with zero attached hydrogens (tertiary/aromatic N) is 2. The molecule has 21 heavy (non-hydrogen) atoms. The van der Waals surface area contributed by atoms with E-state index >= 15 is 0 Å². The summed E-state index contributed by atoms with van der Waals surface area (Å²) in [6.45, 7) is 0.580. The number of rotatable bonds is 5. The van der Waals surface area contributed by atoms with Gasteiger partial charge in [-0.2, -0.15) is 0 Å². The predicted molar refractivity (Wildman–Crippen MR) is 84.2 cm³/mol. The van der Waals surface area contributed by atoms with E-state index < -0.39 is 9.84 Å². The van der Waals surface area contributed by atoms with Crippen LogP contribution in [0.5, 0.6) is 0 Å². The molecule has 2 rings (SSSR count). The number of para-hydroxylation sites is 1. The zero-order chi connectivity index (χ0) is 15.5. The van der Waals surface area contributed by atoms with Crippen molar-refractivity contribution < 1.29 is 13.2 Å². The number of amides is 1. The topological polar surface area (TPSA) is 57.7 Å². The van der Waals surface area contributed by atoms with E-state index in [1.165, 1.54) is 0 Å². The van der Waals surface area contributed by atoms with Crippen LogP contribution in [-0.4, -0.2) is 57.4 Å². The zero-order valence-electron chi connectivity index (χ0n) is 12.5. The van der Waals surface area contributed by atoms with Crippen molar-refractivity contribution >= 4 is 21.4 Å². The Labute approximate surface area is 126 Å². The molecule has 0 saturated carbocycles. The quantitative estimate of drug-likeness (QED) is 0.819. The summed E-state index contributed by atoms with van der Waals surface area (Å²) >= 11 is 0. The second kappa shape index (κ2) is 6.58. The lowest BCUT2D eigenvalue weighted by molar-refractivity contribution is -0.118. The first kappa shape index (κ1) is 16.0. The Morgan fingerprint density at radius 2 is 1.90 bits per heavy atom. The summed E-state index contributed by atoms with van der Waals surface area (Å²) in [6.07, 6.45) is 1.06. The number of hydrogen-bond acceptors (Lipinski definition) is 4. The third kappa shape index (κ3) is 4.28. The Hall–Kier alpha value is -1.40. The number of anilines is 1. The molecule has 1 amide bonds. The van der Waals surface area contributed by atoms with Gasteiger partial charge in [0.25, 0.3) is 0 Å². The molecule has 1 saturated heterocycles. The maximum Gasteiger partial charge on any atom is 0.228 e. The molecule has 1 aromatic rings. The fourth-order valence-corrected chi connectivity index (χ4v) is 4.35. The Balaban J connectivity index is 1.84. The molecule has 1 fully saturated rings. The molecule has 1 aromatic carbocycles. The molecule has 1 heterocycles. The minimum Gasteiger partial charge on any atom is -0.315 e. The van der Waals surface area contributed by atoms with E-state index in [-0.39, 0.29) is 23.5 Å². The zero-order valence-corrected chi connectivity index (χ0v) is 13.3. The number of hydrogen-bond donors (Lipinski definition) is 0. The molecule has 5 nitrogen and oxygen atoms in total. The first-order valence-electron chi connectivity index (χ1n) is 7.11. The van der Waals surface area contributed by atoms with Gasteiger partial charge in [0, 0.05) is 31.7 Å². The molecule has 1 unspecified atom stereocenters. The fourth-order valence-electron chi connectivity index (χ4n) is 2.54. The van der Waals surface area contributed by atoms with Crippen LogP contribution in [0.2, 0.25) is 0 Å². The minimum atomic E-state index is -2.88. The summed E-state index contributed by atoms with van der Waals surface area (Å²) in [5, 5.41) is 0. The van der Waals surface area contributed by atoms with Crippen LogP contribution in [-0.2, 0) is 14.6 Å². The minimum absolute atomic E-state index is 0.0360. The molecule has 0 aromatic heterocycles. The largest absolute Gasteiger partial charge is 0.315 e. The average Bonchev–Trinajstić information content (AvgIpc) is 2.84. The molecule has 0 spiro atoms. The maximum absolute atomic E-state index is 12.2. The normalized spacial score (nSPS) is 20.6. The van der Waals surface area contributed by atoms with Crippen LogP contribution in [0.25, 0.3) is 0 Å². The summed E-state index contributed by atoms with van der Waals surface area (Å²) in [5.74, 6) is 0.514. The highest BCUT2D eigenvalue weighted by atomic mass is 32.2. The van der Waals surface area contributed by atoms with Crippen LogP contribution in [0.4, 0.5) is 5.69 Å². The number of sulfone groups is 1. The number of benzene rings is 1. The highest BCUT2D eigenvalue weighted by molar-refractivity contribution is 7.91. The van der Waals surface area contributed by atoms with E-state index in [0.29, 0.717) is 19.4 Å². The second-order valence-electron chi connectivity index (χ2n) is 5.58. The van der Waals surface area contributed by atoms with Gasteiger partial charge < -0.3 is 9.80 Å². The van der Waals surface area contributed by atoms with Crippen LogP contribution in [0.3, 0.4) is 0 Å². The Bertz CT molecular complexity index is 586. The summed E-state index contributed by atoms with van der Waals surface area (Å²) < 4.78 is 22.9. The highest BCUT2D eigenvalue weighted by Gasteiger charge is 2.30. The van der Waals surface area contributed by atoms with Gasteiger partial charge in [0.05, 0.1) is 11.5 Å². The van der Waals surface area contributed by atoms with Crippen molar-refractivity contribution in [1.82, 2.24) is 4.90 Å². The maximum atomic E-state index is 12.2. The molecule has 6 heteroatoms. The molecule has 0 bridgehead atoms. The summed E-state index contributed by atoms with van der Waals surface area (Å²) in [6, 6.07) is 9.54. The predicted octanol–water partition coefficient (Wildman–Crippen LogP) is 1.16. The molecular formula is C15H22N2O3S. The SMILES string of the molecule is CN(C(=O)CCN(C)C1CCS(=O)(=O)C1)c1ccccc1. The average molecular weight is 310 g/mol. The van der Waals surface area contributed by atoms with Crippen molar-refractivity contribution in [3.05, 3.63) is 30.3 Å². The molecule has 116 valence electrons. The molecule has 0 N–H and O–H groups in total. The standard InChI is InChI=1S/C15H22N2O3S/c1-16(14-9-11-21(19,20)12-14)10-8-15(18)17(2)13-6-4-3-5-7-13/h3-7,14H,8-12H2,1-2H3. The highest BCUT2D eigenvalue weighted by Crippen LogP contribution is 2.17. The van der Waals surface area contributed by atoms with Gasteiger partial charge >= 0.3 is 0 Å². The lowest BCUT2D eigenvalue weighted by atomic mass is 10.2. The summed E-state index contributed by atoms with van der Waals surface area (Å²) in [4.78, 5) is 15.8. The number of carbonyl (C=O) groups is 1. The van der Waals surface area contributed by atoms with Crippen LogP contribution < -0.4 is 4.90 Å². The summed E-state index contributed by atoms with van der Waals surface area (Å²) in [7, 11) is 0.776. The van der Waals surface area contributed by atoms with E-state index in [4.69, 9.17) is 0 Å². The third-order valence-electron chi connectivity index (χ3n) is 4.03. The molecule has 1 atom stereocenters. The van der Waals surface area contributed by atoms with E-state index in [1.807, 2.05) is 42.3 Å². The van der Waals surface area contributed by atoms with Crippen molar-refractivity contribution in [3.8, 4) is 0 Å². The second-order valence-corrected chi connectivity index (χ2v) is 7.80. The van der Waals surface area contributed by atoms with E-state index in [2.05, 4.69) is 0 Å². The fraction of sp³-hybridized carbons (Fsp3) is 0.533. The van der Waals surface area contributed by atoms with Gasteiger partial charge in [-0.25, -0.2) is 8.42 Å². The van der Waals surface area contributed by atoms with Crippen LogP contribution in [0, 0.1) is 0 Å². The van der Waals surface area contributed by atoms with Gasteiger partial charge in [0.2, 0.25) is 5.91 Å². The molecule has 1 aliphatic heterocycles. The molecule has 1 aliphatic rings. The van der Waals surface area contributed by atoms with Gasteiger partial charge in [0.1, 0.15) is 0 Å². The molecular weight excluding hydrogens is 288 g/mol. The van der Waals surface area contributed by atoms with Gasteiger partial charge in [-0.1, -0.05) is 18.2 Å². The van der Waals surface area contributed by atoms with Crippen molar-refractivity contribution in [3.63, 3.8) is 0 Å². The molecule has 0 radical (unpaired) electrons. The van der Waals surface area contributed by atoms with Crippen molar-refractivity contribution in [1.29, 1.82) is 0 Å². The number of carbonyl (C=O) groups excluding carboxylic acids is 1. The van der Waals surface area contributed by atoms with E-state index in [1.54, 1.807) is 11.9 Å². The van der Waals surface area contributed by atoms with Gasteiger partial charge in [-0.3, -0.25) is 4.79 Å². The van der Waals surface area contributed by atoms with Crippen molar-refractivity contribution in [2.45, 2.75) is 18.9 Å². The Morgan fingerprint density at radius 3 is 2.48 bits per heavy atom. The van der Waals surface area contributed by atoms with E-state index in [9.17, 15) is 13.2 Å². The van der Waals surface area contributed by atoms with Crippen LogP contribution in [0.1, 0.15) is 12.8 Å². The smallest absolute Gasteiger partial charge is 0.228 e.